The Bertz CT molecular complexity index is 649. The van der Waals surface area contributed by atoms with Crippen molar-refractivity contribution in [2.45, 2.75) is 13.0 Å². The third kappa shape index (κ3) is 4.54. The summed E-state index contributed by atoms with van der Waals surface area (Å²) >= 11 is 0. The van der Waals surface area contributed by atoms with Crippen LogP contribution in [0.25, 0.3) is 0 Å². The molecule has 134 valence electrons. The molecule has 0 bridgehead atoms. The molecule has 1 aliphatic heterocycles. The number of anilines is 1. The number of aliphatic hydroxyl groups excluding tert-OH is 1. The van der Waals surface area contributed by atoms with Crippen LogP contribution in [0.2, 0.25) is 0 Å². The van der Waals surface area contributed by atoms with Crippen LogP contribution >= 0.6 is 0 Å². The standard InChI is InChI=1S/C19H26N4O2/c1-2-20-19(21-15-17(24)18-9-6-14-25-18)23-12-10-22(11-13-23)16-7-4-3-5-8-16/h3-9,14,17,24H,2,10-13,15H2,1H3,(H,20,21). The van der Waals surface area contributed by atoms with Crippen LogP contribution < -0.4 is 10.2 Å². The zero-order valence-electron chi connectivity index (χ0n) is 14.6. The van der Waals surface area contributed by atoms with E-state index in [1.54, 1.807) is 18.4 Å². The third-order valence-corrected chi connectivity index (χ3v) is 4.32. The van der Waals surface area contributed by atoms with Gasteiger partial charge in [-0.1, -0.05) is 18.2 Å². The molecule has 0 aliphatic carbocycles. The summed E-state index contributed by atoms with van der Waals surface area (Å²) in [7, 11) is 0. The monoisotopic (exact) mass is 342 g/mol. The normalized spacial score (nSPS) is 16.8. The highest BCUT2D eigenvalue weighted by molar-refractivity contribution is 5.80. The highest BCUT2D eigenvalue weighted by Gasteiger charge is 2.20. The second-order valence-corrected chi connectivity index (χ2v) is 6.04. The number of aliphatic imine (C=N–C) groups is 1. The van der Waals surface area contributed by atoms with Crippen LogP contribution in [-0.4, -0.2) is 55.2 Å². The summed E-state index contributed by atoms with van der Waals surface area (Å²) in [6.07, 6.45) is 0.852. The molecule has 1 fully saturated rings. The number of nitrogens with one attached hydrogen (secondary N) is 1. The fourth-order valence-electron chi connectivity index (χ4n) is 2.98. The lowest BCUT2D eigenvalue weighted by Gasteiger charge is -2.37. The lowest BCUT2D eigenvalue weighted by Crippen LogP contribution is -2.52. The smallest absolute Gasteiger partial charge is 0.194 e. The Morgan fingerprint density at radius 1 is 1.16 bits per heavy atom. The Labute approximate surface area is 148 Å². The number of aliphatic hydroxyl groups is 1. The molecule has 1 atom stereocenters. The topological polar surface area (TPSA) is 64.2 Å². The van der Waals surface area contributed by atoms with Crippen molar-refractivity contribution < 1.29 is 9.52 Å². The predicted octanol–water partition coefficient (Wildman–Crippen LogP) is 2.10. The van der Waals surface area contributed by atoms with Crippen molar-refractivity contribution in [3.05, 3.63) is 54.5 Å². The van der Waals surface area contributed by atoms with E-state index < -0.39 is 6.10 Å². The number of furan rings is 1. The number of guanidine groups is 1. The zero-order valence-corrected chi connectivity index (χ0v) is 14.6. The first-order valence-electron chi connectivity index (χ1n) is 8.82. The zero-order chi connectivity index (χ0) is 17.5. The van der Waals surface area contributed by atoms with E-state index in [0.29, 0.717) is 5.76 Å². The van der Waals surface area contributed by atoms with Crippen molar-refractivity contribution in [2.75, 3.05) is 44.2 Å². The van der Waals surface area contributed by atoms with Gasteiger partial charge < -0.3 is 24.6 Å². The summed E-state index contributed by atoms with van der Waals surface area (Å²) in [6, 6.07) is 14.0. The number of hydrogen-bond acceptors (Lipinski definition) is 4. The van der Waals surface area contributed by atoms with Gasteiger partial charge >= 0.3 is 0 Å². The predicted molar refractivity (Wildman–Crippen MR) is 99.9 cm³/mol. The van der Waals surface area contributed by atoms with Crippen molar-refractivity contribution in [3.63, 3.8) is 0 Å². The fraction of sp³-hybridized carbons (Fsp3) is 0.421. The molecule has 6 nitrogen and oxygen atoms in total. The first-order chi connectivity index (χ1) is 12.3. The van der Waals surface area contributed by atoms with Crippen LogP contribution in [-0.2, 0) is 0 Å². The summed E-state index contributed by atoms with van der Waals surface area (Å²) in [5.41, 5.74) is 1.26. The Morgan fingerprint density at radius 3 is 2.56 bits per heavy atom. The van der Waals surface area contributed by atoms with Gasteiger partial charge in [-0.2, -0.15) is 0 Å². The van der Waals surface area contributed by atoms with Gasteiger partial charge in [-0.15, -0.1) is 0 Å². The van der Waals surface area contributed by atoms with Crippen molar-refractivity contribution in [1.82, 2.24) is 10.2 Å². The van der Waals surface area contributed by atoms with Gasteiger partial charge in [0, 0.05) is 38.4 Å². The van der Waals surface area contributed by atoms with Gasteiger partial charge in [-0.3, -0.25) is 0 Å². The molecule has 0 amide bonds. The van der Waals surface area contributed by atoms with Gasteiger partial charge in [-0.05, 0) is 31.2 Å². The van der Waals surface area contributed by atoms with Gasteiger partial charge in [0.15, 0.2) is 5.96 Å². The van der Waals surface area contributed by atoms with E-state index in [1.807, 2.05) is 6.07 Å². The quantitative estimate of drug-likeness (QED) is 0.644. The molecule has 0 spiro atoms. The van der Waals surface area contributed by atoms with Gasteiger partial charge in [0.25, 0.3) is 0 Å². The minimum Gasteiger partial charge on any atom is -0.467 e. The van der Waals surface area contributed by atoms with Crippen molar-refractivity contribution in [1.29, 1.82) is 0 Å². The summed E-state index contributed by atoms with van der Waals surface area (Å²) in [5, 5.41) is 13.5. The van der Waals surface area contributed by atoms with Gasteiger partial charge in [0.1, 0.15) is 11.9 Å². The Kier molecular flexibility index (Phi) is 5.95. The lowest BCUT2D eigenvalue weighted by molar-refractivity contribution is 0.158. The fourth-order valence-corrected chi connectivity index (χ4v) is 2.98. The van der Waals surface area contributed by atoms with E-state index in [2.05, 4.69) is 51.3 Å². The number of nitrogens with zero attached hydrogens (tertiary/aromatic N) is 3. The number of benzene rings is 1. The van der Waals surface area contributed by atoms with Crippen LogP contribution in [0.1, 0.15) is 18.8 Å². The molecule has 0 saturated carbocycles. The summed E-state index contributed by atoms with van der Waals surface area (Å²) in [5.74, 6) is 1.40. The molecular formula is C19H26N4O2. The number of para-hydroxylation sites is 1. The van der Waals surface area contributed by atoms with E-state index in [1.165, 1.54) is 5.69 Å². The van der Waals surface area contributed by atoms with E-state index in [9.17, 15) is 5.11 Å². The Morgan fingerprint density at radius 2 is 1.92 bits per heavy atom. The molecule has 1 saturated heterocycles. The van der Waals surface area contributed by atoms with Crippen molar-refractivity contribution >= 4 is 11.6 Å². The minimum atomic E-state index is -0.714. The SMILES string of the molecule is CCNC(=NCC(O)c1ccco1)N1CCN(c2ccccc2)CC1. The highest BCUT2D eigenvalue weighted by atomic mass is 16.4. The molecule has 1 aromatic carbocycles. The molecule has 1 unspecified atom stereocenters. The van der Waals surface area contributed by atoms with E-state index in [0.717, 1.165) is 38.7 Å². The molecule has 2 heterocycles. The summed E-state index contributed by atoms with van der Waals surface area (Å²) in [4.78, 5) is 9.23. The molecular weight excluding hydrogens is 316 g/mol. The van der Waals surface area contributed by atoms with Crippen LogP contribution in [0.5, 0.6) is 0 Å². The highest BCUT2D eigenvalue weighted by Crippen LogP contribution is 2.16. The van der Waals surface area contributed by atoms with Gasteiger partial charge in [-0.25, -0.2) is 4.99 Å². The second kappa shape index (κ2) is 8.58. The van der Waals surface area contributed by atoms with Crippen molar-refractivity contribution in [3.8, 4) is 0 Å². The minimum absolute atomic E-state index is 0.286. The third-order valence-electron chi connectivity index (χ3n) is 4.32. The molecule has 6 heteroatoms. The maximum absolute atomic E-state index is 10.2. The Balaban J connectivity index is 1.59. The molecule has 2 N–H and O–H groups in total. The van der Waals surface area contributed by atoms with Crippen LogP contribution in [0, 0.1) is 0 Å². The summed E-state index contributed by atoms with van der Waals surface area (Å²) < 4.78 is 5.24. The first kappa shape index (κ1) is 17.4. The lowest BCUT2D eigenvalue weighted by atomic mass is 10.2. The maximum atomic E-state index is 10.2. The van der Waals surface area contributed by atoms with Gasteiger partial charge in [0.2, 0.25) is 0 Å². The van der Waals surface area contributed by atoms with Crippen LogP contribution in [0.4, 0.5) is 5.69 Å². The van der Waals surface area contributed by atoms with E-state index in [-0.39, 0.29) is 6.54 Å². The number of rotatable bonds is 5. The van der Waals surface area contributed by atoms with E-state index in [4.69, 9.17) is 4.42 Å². The molecule has 25 heavy (non-hydrogen) atoms. The van der Waals surface area contributed by atoms with Crippen LogP contribution in [0.3, 0.4) is 0 Å². The first-order valence-corrected chi connectivity index (χ1v) is 8.82. The number of hydrogen-bond donors (Lipinski definition) is 2. The largest absolute Gasteiger partial charge is 0.467 e. The molecule has 2 aromatic rings. The average molecular weight is 342 g/mol. The molecule has 1 aliphatic rings. The molecule has 1 aromatic heterocycles. The summed E-state index contributed by atoms with van der Waals surface area (Å²) in [6.45, 7) is 6.85. The molecule has 0 radical (unpaired) electrons. The van der Waals surface area contributed by atoms with Crippen molar-refractivity contribution in [2.24, 2.45) is 4.99 Å². The van der Waals surface area contributed by atoms with E-state index >= 15 is 0 Å². The number of piperazine rings is 1. The Hall–Kier alpha value is -2.47. The van der Waals surface area contributed by atoms with Crippen LogP contribution in [0.15, 0.2) is 58.1 Å². The molecule has 3 rings (SSSR count). The second-order valence-electron chi connectivity index (χ2n) is 6.04. The average Bonchev–Trinajstić information content (AvgIpc) is 3.21. The van der Waals surface area contributed by atoms with Gasteiger partial charge in [0.05, 0.1) is 12.8 Å². The maximum Gasteiger partial charge on any atom is 0.194 e.